The van der Waals surface area contributed by atoms with Gasteiger partial charge in [-0.25, -0.2) is 9.67 Å². The standard InChI is InChI=1S/C20H18N6O/c1-14(15-6-8-18(9-7-15)26-13-21-12-23-26)24-20(27)17-4-2-16(3-5-17)19-10-11-22-25-19/h2-14H,1H3,(H,22,25)(H,24,27)/t14-/m0/s1. The van der Waals surface area contributed by atoms with E-state index in [1.54, 1.807) is 17.2 Å². The molecule has 2 N–H and O–H groups in total. The molecular formula is C20H18N6O. The first-order chi connectivity index (χ1) is 13.2. The van der Waals surface area contributed by atoms with Gasteiger partial charge in [0.05, 0.1) is 17.4 Å². The van der Waals surface area contributed by atoms with Crippen molar-refractivity contribution in [2.45, 2.75) is 13.0 Å². The lowest BCUT2D eigenvalue weighted by Crippen LogP contribution is -2.26. The lowest BCUT2D eigenvalue weighted by atomic mass is 10.1. The van der Waals surface area contributed by atoms with Crippen LogP contribution in [-0.4, -0.2) is 30.9 Å². The van der Waals surface area contributed by atoms with Gasteiger partial charge in [0.15, 0.2) is 0 Å². The van der Waals surface area contributed by atoms with Gasteiger partial charge in [-0.3, -0.25) is 9.89 Å². The molecule has 1 atom stereocenters. The van der Waals surface area contributed by atoms with Gasteiger partial charge in [-0.2, -0.15) is 10.2 Å². The molecule has 4 aromatic rings. The molecule has 0 unspecified atom stereocenters. The molecule has 2 aromatic carbocycles. The Labute approximate surface area is 156 Å². The fourth-order valence-corrected chi connectivity index (χ4v) is 2.84. The summed E-state index contributed by atoms with van der Waals surface area (Å²) in [4.78, 5) is 16.5. The molecular weight excluding hydrogens is 340 g/mol. The van der Waals surface area contributed by atoms with Crippen LogP contribution >= 0.6 is 0 Å². The predicted molar refractivity (Wildman–Crippen MR) is 101 cm³/mol. The molecule has 2 aromatic heterocycles. The summed E-state index contributed by atoms with van der Waals surface area (Å²) in [5, 5.41) is 14.0. The second-order valence-corrected chi connectivity index (χ2v) is 6.17. The van der Waals surface area contributed by atoms with Gasteiger partial charge in [-0.05, 0) is 48.4 Å². The summed E-state index contributed by atoms with van der Waals surface area (Å²) in [6.45, 7) is 1.96. The van der Waals surface area contributed by atoms with Crippen molar-refractivity contribution in [2.24, 2.45) is 0 Å². The molecule has 0 aliphatic heterocycles. The Morgan fingerprint density at radius 3 is 2.48 bits per heavy atom. The van der Waals surface area contributed by atoms with Gasteiger partial charge in [0, 0.05) is 11.8 Å². The molecule has 27 heavy (non-hydrogen) atoms. The maximum atomic E-state index is 12.5. The highest BCUT2D eigenvalue weighted by Gasteiger charge is 2.12. The lowest BCUT2D eigenvalue weighted by Gasteiger charge is -2.15. The highest BCUT2D eigenvalue weighted by atomic mass is 16.1. The molecule has 1 amide bonds. The number of H-pyrrole nitrogens is 1. The van der Waals surface area contributed by atoms with Crippen molar-refractivity contribution in [3.63, 3.8) is 0 Å². The summed E-state index contributed by atoms with van der Waals surface area (Å²) in [6, 6.07) is 17.1. The van der Waals surface area contributed by atoms with Crippen LogP contribution in [0.1, 0.15) is 28.9 Å². The summed E-state index contributed by atoms with van der Waals surface area (Å²) in [5.41, 5.74) is 4.46. The van der Waals surface area contributed by atoms with Crippen molar-refractivity contribution in [3.8, 4) is 16.9 Å². The molecule has 4 rings (SSSR count). The maximum Gasteiger partial charge on any atom is 0.251 e. The normalized spacial score (nSPS) is 11.9. The van der Waals surface area contributed by atoms with Gasteiger partial charge in [-0.15, -0.1) is 0 Å². The van der Waals surface area contributed by atoms with Crippen molar-refractivity contribution in [2.75, 3.05) is 0 Å². The first-order valence-electron chi connectivity index (χ1n) is 8.56. The van der Waals surface area contributed by atoms with Gasteiger partial charge in [0.1, 0.15) is 12.7 Å². The van der Waals surface area contributed by atoms with E-state index in [9.17, 15) is 4.79 Å². The van der Waals surface area contributed by atoms with Crippen molar-refractivity contribution in [1.82, 2.24) is 30.3 Å². The first kappa shape index (κ1) is 16.7. The average Bonchev–Trinajstić information content (AvgIpc) is 3.42. The Kier molecular flexibility index (Phi) is 4.49. The Bertz CT molecular complexity index is 1010. The van der Waals surface area contributed by atoms with Crippen LogP contribution in [0.4, 0.5) is 0 Å². The summed E-state index contributed by atoms with van der Waals surface area (Å²) in [7, 11) is 0. The fourth-order valence-electron chi connectivity index (χ4n) is 2.84. The summed E-state index contributed by atoms with van der Waals surface area (Å²) in [6.07, 6.45) is 4.84. The van der Waals surface area contributed by atoms with E-state index in [1.807, 2.05) is 61.5 Å². The van der Waals surface area contributed by atoms with E-state index < -0.39 is 0 Å². The van der Waals surface area contributed by atoms with Crippen LogP contribution in [0, 0.1) is 0 Å². The number of hydrogen-bond acceptors (Lipinski definition) is 4. The third-order valence-corrected chi connectivity index (χ3v) is 4.38. The quantitative estimate of drug-likeness (QED) is 0.574. The Morgan fingerprint density at radius 1 is 1.07 bits per heavy atom. The van der Waals surface area contributed by atoms with Crippen LogP contribution < -0.4 is 5.32 Å². The number of carbonyl (C=O) groups is 1. The average molecular weight is 358 g/mol. The number of rotatable bonds is 5. The molecule has 7 nitrogen and oxygen atoms in total. The number of nitrogens with zero attached hydrogens (tertiary/aromatic N) is 4. The molecule has 2 heterocycles. The molecule has 0 aliphatic rings. The molecule has 0 aliphatic carbocycles. The maximum absolute atomic E-state index is 12.5. The molecule has 0 spiro atoms. The number of amides is 1. The van der Waals surface area contributed by atoms with Gasteiger partial charge in [-0.1, -0.05) is 24.3 Å². The number of hydrogen-bond donors (Lipinski definition) is 2. The smallest absolute Gasteiger partial charge is 0.251 e. The molecule has 0 saturated carbocycles. The van der Waals surface area contributed by atoms with Crippen molar-refractivity contribution >= 4 is 5.91 Å². The first-order valence-corrected chi connectivity index (χ1v) is 8.56. The third kappa shape index (κ3) is 3.62. The SMILES string of the molecule is C[C@H](NC(=O)c1ccc(-c2ccn[nH]2)cc1)c1ccc(-n2cncn2)cc1. The van der Waals surface area contributed by atoms with E-state index in [2.05, 4.69) is 25.6 Å². The summed E-state index contributed by atoms with van der Waals surface area (Å²) < 4.78 is 1.69. The molecule has 7 heteroatoms. The number of carbonyl (C=O) groups excluding carboxylic acids is 1. The van der Waals surface area contributed by atoms with E-state index in [0.717, 1.165) is 22.5 Å². The van der Waals surface area contributed by atoms with Crippen LogP contribution in [0.15, 0.2) is 73.4 Å². The number of aromatic nitrogens is 5. The number of benzene rings is 2. The zero-order valence-corrected chi connectivity index (χ0v) is 14.7. The molecule has 134 valence electrons. The second-order valence-electron chi connectivity index (χ2n) is 6.17. The van der Waals surface area contributed by atoms with Crippen LogP contribution in [0.3, 0.4) is 0 Å². The van der Waals surface area contributed by atoms with E-state index in [4.69, 9.17) is 0 Å². The zero-order valence-electron chi connectivity index (χ0n) is 14.7. The van der Waals surface area contributed by atoms with Gasteiger partial charge in [0.2, 0.25) is 0 Å². The minimum absolute atomic E-state index is 0.112. The molecule has 0 bridgehead atoms. The minimum Gasteiger partial charge on any atom is -0.346 e. The van der Waals surface area contributed by atoms with Gasteiger partial charge < -0.3 is 5.32 Å². The van der Waals surface area contributed by atoms with Crippen molar-refractivity contribution in [1.29, 1.82) is 0 Å². The largest absolute Gasteiger partial charge is 0.346 e. The van der Waals surface area contributed by atoms with Gasteiger partial charge in [0.25, 0.3) is 5.91 Å². The number of nitrogens with one attached hydrogen (secondary N) is 2. The van der Waals surface area contributed by atoms with Gasteiger partial charge >= 0.3 is 0 Å². The van der Waals surface area contributed by atoms with E-state index >= 15 is 0 Å². The van der Waals surface area contributed by atoms with Crippen molar-refractivity contribution < 1.29 is 4.79 Å². The zero-order chi connectivity index (χ0) is 18.6. The molecule has 0 saturated heterocycles. The highest BCUT2D eigenvalue weighted by molar-refractivity contribution is 5.94. The van der Waals surface area contributed by atoms with Crippen LogP contribution in [0.25, 0.3) is 16.9 Å². The summed E-state index contributed by atoms with van der Waals surface area (Å²) >= 11 is 0. The third-order valence-electron chi connectivity index (χ3n) is 4.38. The lowest BCUT2D eigenvalue weighted by molar-refractivity contribution is 0.0940. The monoisotopic (exact) mass is 358 g/mol. The van der Waals surface area contributed by atoms with E-state index in [-0.39, 0.29) is 11.9 Å². The van der Waals surface area contributed by atoms with E-state index in [1.165, 1.54) is 6.33 Å². The Hall–Kier alpha value is -3.74. The van der Waals surface area contributed by atoms with Crippen LogP contribution in [-0.2, 0) is 0 Å². The second kappa shape index (κ2) is 7.25. The molecule has 0 radical (unpaired) electrons. The topological polar surface area (TPSA) is 88.5 Å². The fraction of sp³-hybridized carbons (Fsp3) is 0.100. The highest BCUT2D eigenvalue weighted by Crippen LogP contribution is 2.18. The number of aromatic amines is 1. The predicted octanol–water partition coefficient (Wildman–Crippen LogP) is 3.15. The summed E-state index contributed by atoms with van der Waals surface area (Å²) in [5.74, 6) is -0.112. The van der Waals surface area contributed by atoms with Crippen LogP contribution in [0.2, 0.25) is 0 Å². The minimum atomic E-state index is -0.116. The van der Waals surface area contributed by atoms with Crippen molar-refractivity contribution in [3.05, 3.63) is 84.6 Å². The van der Waals surface area contributed by atoms with Crippen LogP contribution in [0.5, 0.6) is 0 Å². The van der Waals surface area contributed by atoms with E-state index in [0.29, 0.717) is 5.56 Å². The molecule has 0 fully saturated rings. The Morgan fingerprint density at radius 2 is 1.85 bits per heavy atom. The Balaban J connectivity index is 1.43.